The van der Waals surface area contributed by atoms with Crippen molar-refractivity contribution in [3.63, 3.8) is 0 Å². The summed E-state index contributed by atoms with van der Waals surface area (Å²) >= 11 is 0. The highest BCUT2D eigenvalue weighted by molar-refractivity contribution is 6.05. The molecule has 0 aromatic heterocycles. The Hall–Kier alpha value is -0.313. The van der Waals surface area contributed by atoms with E-state index in [1.807, 2.05) is 0 Å². The maximum absolute atomic E-state index is 10.8. The molecule has 0 heterocycles. The molecule has 3 heteroatoms. The van der Waals surface area contributed by atoms with Crippen molar-refractivity contribution in [3.05, 3.63) is 0 Å². The van der Waals surface area contributed by atoms with Gasteiger partial charge < -0.3 is 4.43 Å². The Morgan fingerprint density at radius 3 is 2.44 bits per heavy atom. The number of hydrogen-bond acceptors (Lipinski definition) is 2. The Balaban J connectivity index is 2.32. The summed E-state index contributed by atoms with van der Waals surface area (Å²) in [5, 5.41) is 0. The van der Waals surface area contributed by atoms with E-state index in [0.717, 1.165) is 12.8 Å². The molecule has 0 aromatic rings. The highest BCUT2D eigenvalue weighted by atomic mass is 28.2. The van der Waals surface area contributed by atoms with E-state index in [1.165, 1.54) is 12.8 Å². The van der Waals surface area contributed by atoms with E-state index < -0.39 is 0 Å². The second-order valence-corrected chi connectivity index (χ2v) is 2.91. The van der Waals surface area contributed by atoms with Crippen molar-refractivity contribution in [3.8, 4) is 0 Å². The van der Waals surface area contributed by atoms with E-state index >= 15 is 0 Å². The van der Waals surface area contributed by atoms with Gasteiger partial charge in [-0.3, -0.25) is 4.79 Å². The minimum absolute atomic E-state index is 0.0409. The first-order chi connectivity index (χ1) is 4.34. The van der Waals surface area contributed by atoms with E-state index in [9.17, 15) is 4.79 Å². The van der Waals surface area contributed by atoms with Gasteiger partial charge in [0.2, 0.25) is 10.5 Å². The lowest BCUT2D eigenvalue weighted by atomic mass is 10.1. The Morgan fingerprint density at radius 1 is 1.44 bits per heavy atom. The van der Waals surface area contributed by atoms with Crippen LogP contribution in [0.25, 0.3) is 0 Å². The Bertz CT molecular complexity index is 108. The average Bonchev–Trinajstić information content (AvgIpc) is 2.37. The lowest BCUT2D eigenvalue weighted by Crippen LogP contribution is -2.12. The molecule has 0 saturated heterocycles. The molecule has 1 saturated carbocycles. The molecule has 1 fully saturated rings. The summed E-state index contributed by atoms with van der Waals surface area (Å²) in [5.41, 5.74) is 0. The first kappa shape index (κ1) is 6.80. The van der Waals surface area contributed by atoms with Crippen LogP contribution in [0.3, 0.4) is 0 Å². The van der Waals surface area contributed by atoms with Gasteiger partial charge in [-0.2, -0.15) is 0 Å². The van der Waals surface area contributed by atoms with E-state index in [0.29, 0.717) is 10.5 Å². The van der Waals surface area contributed by atoms with Gasteiger partial charge in [-0.05, 0) is 12.8 Å². The first-order valence-corrected chi connectivity index (χ1v) is 4.24. The predicted octanol–water partition coefficient (Wildman–Crippen LogP) is 0.000200. The molecule has 1 rings (SSSR count). The van der Waals surface area contributed by atoms with E-state index in [1.54, 1.807) is 0 Å². The quantitative estimate of drug-likeness (QED) is 0.484. The van der Waals surface area contributed by atoms with Crippen LogP contribution in [0.5, 0.6) is 0 Å². The summed E-state index contributed by atoms with van der Waals surface area (Å²) in [6, 6.07) is 0. The van der Waals surface area contributed by atoms with E-state index in [2.05, 4.69) is 0 Å². The van der Waals surface area contributed by atoms with Crippen molar-refractivity contribution in [2.24, 2.45) is 5.92 Å². The highest BCUT2D eigenvalue weighted by Gasteiger charge is 2.22. The van der Waals surface area contributed by atoms with Crippen molar-refractivity contribution < 1.29 is 9.22 Å². The van der Waals surface area contributed by atoms with Crippen molar-refractivity contribution in [2.45, 2.75) is 25.7 Å². The van der Waals surface area contributed by atoms with Crippen molar-refractivity contribution in [2.75, 3.05) is 0 Å². The molecule has 2 nitrogen and oxygen atoms in total. The maximum Gasteiger partial charge on any atom is 0.294 e. The lowest BCUT2D eigenvalue weighted by Gasteiger charge is -2.04. The number of rotatable bonds is 1. The van der Waals surface area contributed by atoms with Crippen LogP contribution < -0.4 is 0 Å². The fourth-order valence-electron chi connectivity index (χ4n) is 1.33. The average molecular weight is 144 g/mol. The van der Waals surface area contributed by atoms with Crippen molar-refractivity contribution >= 4 is 16.5 Å². The molecular weight excluding hydrogens is 132 g/mol. The van der Waals surface area contributed by atoms with E-state index in [-0.39, 0.29) is 11.9 Å². The van der Waals surface area contributed by atoms with Crippen LogP contribution in [0, 0.1) is 5.92 Å². The van der Waals surface area contributed by atoms with Gasteiger partial charge in [0.15, 0.2) is 0 Å². The summed E-state index contributed by atoms with van der Waals surface area (Å²) in [4.78, 5) is 10.8. The van der Waals surface area contributed by atoms with Gasteiger partial charge in [-0.15, -0.1) is 0 Å². The molecule has 0 aliphatic heterocycles. The van der Waals surface area contributed by atoms with Gasteiger partial charge in [0.1, 0.15) is 0 Å². The molecular formula is C6H12O2Si. The molecule has 0 radical (unpaired) electrons. The second kappa shape index (κ2) is 3.01. The maximum atomic E-state index is 10.8. The summed E-state index contributed by atoms with van der Waals surface area (Å²) < 4.78 is 4.73. The molecule has 0 unspecified atom stereocenters. The minimum Gasteiger partial charge on any atom is -0.529 e. The first-order valence-electron chi connectivity index (χ1n) is 3.42. The molecule has 0 bridgehead atoms. The van der Waals surface area contributed by atoms with Crippen LogP contribution in [-0.2, 0) is 9.22 Å². The third kappa shape index (κ3) is 1.54. The molecule has 1 aliphatic rings. The molecule has 52 valence electrons. The monoisotopic (exact) mass is 144 g/mol. The fourth-order valence-corrected chi connectivity index (χ4v) is 1.66. The molecule has 0 atom stereocenters. The van der Waals surface area contributed by atoms with Crippen molar-refractivity contribution in [1.82, 2.24) is 0 Å². The Labute approximate surface area is 58.1 Å². The van der Waals surface area contributed by atoms with E-state index in [4.69, 9.17) is 4.43 Å². The van der Waals surface area contributed by atoms with Gasteiger partial charge in [-0.1, -0.05) is 12.8 Å². The van der Waals surface area contributed by atoms with Gasteiger partial charge in [0.25, 0.3) is 5.97 Å². The molecule has 0 amide bonds. The normalized spacial score (nSPS) is 20.4. The zero-order valence-corrected chi connectivity index (χ0v) is 7.72. The Morgan fingerprint density at radius 2 is 2.00 bits per heavy atom. The smallest absolute Gasteiger partial charge is 0.294 e. The topological polar surface area (TPSA) is 26.3 Å². The van der Waals surface area contributed by atoms with Gasteiger partial charge >= 0.3 is 0 Å². The van der Waals surface area contributed by atoms with Crippen LogP contribution in [-0.4, -0.2) is 16.5 Å². The highest BCUT2D eigenvalue weighted by Crippen LogP contribution is 2.25. The standard InChI is InChI=1S/C6H12O2Si/c7-6(8-9)5-3-1-2-4-5/h5H,1-4H2,9H3. The fraction of sp³-hybridized carbons (Fsp3) is 0.833. The number of hydrogen-bond donors (Lipinski definition) is 0. The predicted molar refractivity (Wildman–Crippen MR) is 38.0 cm³/mol. The summed E-state index contributed by atoms with van der Waals surface area (Å²) in [7, 11) is 0.558. The number of carbonyl (C=O) groups is 1. The summed E-state index contributed by atoms with van der Waals surface area (Å²) in [5.74, 6) is 0.293. The largest absolute Gasteiger partial charge is 0.529 e. The van der Waals surface area contributed by atoms with Crippen LogP contribution in [0.15, 0.2) is 0 Å². The van der Waals surface area contributed by atoms with Gasteiger partial charge in [0.05, 0.1) is 5.92 Å². The minimum atomic E-state index is 0.0409. The molecule has 0 aromatic carbocycles. The van der Waals surface area contributed by atoms with Gasteiger partial charge in [-0.25, -0.2) is 0 Å². The Kier molecular flexibility index (Phi) is 2.27. The summed E-state index contributed by atoms with van der Waals surface area (Å²) in [6.45, 7) is 0. The van der Waals surface area contributed by atoms with Crippen molar-refractivity contribution in [1.29, 1.82) is 0 Å². The second-order valence-electron chi connectivity index (χ2n) is 2.50. The van der Waals surface area contributed by atoms with Crippen LogP contribution >= 0.6 is 0 Å². The molecule has 0 spiro atoms. The zero-order chi connectivity index (χ0) is 6.69. The molecule has 9 heavy (non-hydrogen) atoms. The third-order valence-electron chi connectivity index (χ3n) is 1.89. The SMILES string of the molecule is O=C(O[SiH3])C1CCCC1. The van der Waals surface area contributed by atoms with Crippen LogP contribution in [0.2, 0.25) is 0 Å². The van der Waals surface area contributed by atoms with Gasteiger partial charge in [0, 0.05) is 0 Å². The van der Waals surface area contributed by atoms with Crippen LogP contribution in [0.4, 0.5) is 0 Å². The number of carbonyl (C=O) groups excluding carboxylic acids is 1. The molecule has 1 aliphatic carbocycles. The lowest BCUT2D eigenvalue weighted by molar-refractivity contribution is -0.138. The summed E-state index contributed by atoms with van der Waals surface area (Å²) in [6.07, 6.45) is 4.53. The molecule has 0 N–H and O–H groups in total. The van der Waals surface area contributed by atoms with Crippen LogP contribution in [0.1, 0.15) is 25.7 Å². The zero-order valence-electron chi connectivity index (χ0n) is 5.72. The third-order valence-corrected chi connectivity index (χ3v) is 2.29.